The number of benzene rings is 2. The number of ether oxygens (including phenoxy) is 1. The Hall–Kier alpha value is -3.04. The van der Waals surface area contributed by atoms with Gasteiger partial charge >= 0.3 is 5.97 Å². The van der Waals surface area contributed by atoms with Crippen LogP contribution in [0.2, 0.25) is 0 Å². The molecule has 31 heavy (non-hydrogen) atoms. The standard InChI is InChI=1S/C22H23N5O3S/c1-3-26(4-2)13-14-30-21(29)15-9-11-16(12-10-15)24-25-19-20(28)27-18-8-6-5-7-17(18)23-22(27)31-19/h5-12,19H,3-4,13-14H2,1-2H3/t19-/m0/s1. The number of thioether (sulfide) groups is 1. The summed E-state index contributed by atoms with van der Waals surface area (Å²) in [4.78, 5) is 31.6. The van der Waals surface area contributed by atoms with E-state index in [-0.39, 0.29) is 11.9 Å². The quantitative estimate of drug-likeness (QED) is 0.384. The number of hydrogen-bond donors (Lipinski definition) is 0. The molecule has 1 aliphatic rings. The number of hydrogen-bond acceptors (Lipinski definition) is 8. The van der Waals surface area contributed by atoms with E-state index in [4.69, 9.17) is 4.74 Å². The van der Waals surface area contributed by atoms with E-state index in [1.54, 1.807) is 28.8 Å². The number of azo groups is 1. The molecule has 0 spiro atoms. The van der Waals surface area contributed by atoms with Crippen LogP contribution < -0.4 is 0 Å². The van der Waals surface area contributed by atoms with Crippen LogP contribution in [-0.2, 0) is 4.74 Å². The fourth-order valence-electron chi connectivity index (χ4n) is 3.30. The molecule has 0 saturated carbocycles. The van der Waals surface area contributed by atoms with Gasteiger partial charge in [-0.1, -0.05) is 26.0 Å². The van der Waals surface area contributed by atoms with Gasteiger partial charge < -0.3 is 9.64 Å². The molecule has 1 atom stereocenters. The summed E-state index contributed by atoms with van der Waals surface area (Å²) in [6.07, 6.45) is 0. The number of rotatable bonds is 8. The van der Waals surface area contributed by atoms with Crippen molar-refractivity contribution in [1.82, 2.24) is 14.5 Å². The highest BCUT2D eigenvalue weighted by atomic mass is 32.2. The molecule has 0 bridgehead atoms. The number of aromatic nitrogens is 2. The van der Waals surface area contributed by atoms with E-state index < -0.39 is 5.37 Å². The topological polar surface area (TPSA) is 89.2 Å². The third-order valence-corrected chi connectivity index (χ3v) is 6.10. The third kappa shape index (κ3) is 4.52. The summed E-state index contributed by atoms with van der Waals surface area (Å²) in [5.41, 5.74) is 2.57. The fourth-order valence-corrected chi connectivity index (χ4v) is 4.25. The maximum atomic E-state index is 12.7. The van der Waals surface area contributed by atoms with Crippen molar-refractivity contribution in [2.75, 3.05) is 26.2 Å². The van der Waals surface area contributed by atoms with Crippen molar-refractivity contribution in [3.8, 4) is 0 Å². The molecule has 2 aromatic carbocycles. The Morgan fingerprint density at radius 1 is 1.16 bits per heavy atom. The molecule has 0 aliphatic carbocycles. The lowest BCUT2D eigenvalue weighted by molar-refractivity contribution is 0.0466. The van der Waals surface area contributed by atoms with Crippen LogP contribution in [0.3, 0.4) is 0 Å². The molecule has 8 nitrogen and oxygen atoms in total. The fraction of sp³-hybridized carbons (Fsp3) is 0.318. The zero-order valence-electron chi connectivity index (χ0n) is 17.4. The van der Waals surface area contributed by atoms with Crippen molar-refractivity contribution < 1.29 is 14.3 Å². The molecule has 1 aromatic heterocycles. The predicted molar refractivity (Wildman–Crippen MR) is 119 cm³/mol. The Balaban J connectivity index is 1.35. The molecular formula is C22H23N5O3S. The number of carbonyl (C=O) groups excluding carboxylic acids is 2. The monoisotopic (exact) mass is 437 g/mol. The molecule has 0 saturated heterocycles. The van der Waals surface area contributed by atoms with E-state index in [0.29, 0.717) is 29.6 Å². The van der Waals surface area contributed by atoms with E-state index in [9.17, 15) is 9.59 Å². The number of fused-ring (bicyclic) bond motifs is 3. The van der Waals surface area contributed by atoms with Crippen molar-refractivity contribution in [3.63, 3.8) is 0 Å². The molecule has 1 aliphatic heterocycles. The lowest BCUT2D eigenvalue weighted by atomic mass is 10.2. The number of esters is 1. The Morgan fingerprint density at radius 3 is 2.65 bits per heavy atom. The first kappa shape index (κ1) is 21.2. The summed E-state index contributed by atoms with van der Waals surface area (Å²) in [5.74, 6) is -0.527. The van der Waals surface area contributed by atoms with Crippen molar-refractivity contribution in [2.24, 2.45) is 10.2 Å². The van der Waals surface area contributed by atoms with Crippen LogP contribution in [-0.4, -0.2) is 57.9 Å². The van der Waals surface area contributed by atoms with Gasteiger partial charge in [-0.15, -0.1) is 0 Å². The van der Waals surface area contributed by atoms with Gasteiger partial charge in [0.2, 0.25) is 5.37 Å². The van der Waals surface area contributed by atoms with Crippen LogP contribution in [0.1, 0.15) is 29.0 Å². The lowest BCUT2D eigenvalue weighted by Crippen LogP contribution is -2.27. The number of carbonyl (C=O) groups is 2. The Kier molecular flexibility index (Phi) is 6.43. The van der Waals surface area contributed by atoms with Gasteiger partial charge in [-0.25, -0.2) is 9.78 Å². The smallest absolute Gasteiger partial charge is 0.338 e. The average Bonchev–Trinajstić information content (AvgIpc) is 3.31. The summed E-state index contributed by atoms with van der Waals surface area (Å²) < 4.78 is 6.91. The molecule has 0 fully saturated rings. The average molecular weight is 438 g/mol. The van der Waals surface area contributed by atoms with Gasteiger partial charge in [0.25, 0.3) is 5.91 Å². The van der Waals surface area contributed by atoms with Gasteiger partial charge in [-0.05, 0) is 61.2 Å². The van der Waals surface area contributed by atoms with Crippen LogP contribution in [0.15, 0.2) is 63.9 Å². The Bertz CT molecular complexity index is 1120. The van der Waals surface area contributed by atoms with Crippen LogP contribution in [0.4, 0.5) is 5.69 Å². The molecule has 160 valence electrons. The van der Waals surface area contributed by atoms with E-state index in [0.717, 1.165) is 24.1 Å². The highest BCUT2D eigenvalue weighted by molar-refractivity contribution is 8.00. The molecule has 0 N–H and O–H groups in total. The van der Waals surface area contributed by atoms with Crippen LogP contribution >= 0.6 is 11.8 Å². The summed E-state index contributed by atoms with van der Waals surface area (Å²) in [6, 6.07) is 14.2. The summed E-state index contributed by atoms with van der Waals surface area (Å²) >= 11 is 1.28. The number of likely N-dealkylation sites (N-methyl/N-ethyl adjacent to an activating group) is 1. The van der Waals surface area contributed by atoms with Gasteiger partial charge in [-0.3, -0.25) is 9.36 Å². The minimum atomic E-state index is -0.670. The van der Waals surface area contributed by atoms with Crippen LogP contribution in [0, 0.1) is 0 Å². The number of para-hydroxylation sites is 2. The first-order chi connectivity index (χ1) is 15.1. The van der Waals surface area contributed by atoms with E-state index in [1.807, 2.05) is 24.3 Å². The zero-order chi connectivity index (χ0) is 21.8. The van der Waals surface area contributed by atoms with E-state index >= 15 is 0 Å². The van der Waals surface area contributed by atoms with Gasteiger partial charge in [0.15, 0.2) is 5.16 Å². The second-order valence-corrected chi connectivity index (χ2v) is 8.00. The first-order valence-corrected chi connectivity index (χ1v) is 11.1. The van der Waals surface area contributed by atoms with Crippen molar-refractivity contribution in [2.45, 2.75) is 24.4 Å². The maximum Gasteiger partial charge on any atom is 0.338 e. The Labute approximate surface area is 184 Å². The minimum absolute atomic E-state index is 0.161. The zero-order valence-corrected chi connectivity index (χ0v) is 18.2. The second-order valence-electron chi connectivity index (χ2n) is 6.95. The number of nitrogens with zero attached hydrogens (tertiary/aromatic N) is 5. The molecule has 3 aromatic rings. The van der Waals surface area contributed by atoms with Crippen molar-refractivity contribution in [3.05, 3.63) is 54.1 Å². The minimum Gasteiger partial charge on any atom is -0.461 e. The van der Waals surface area contributed by atoms with Crippen LogP contribution in [0.5, 0.6) is 0 Å². The lowest BCUT2D eigenvalue weighted by Gasteiger charge is -2.17. The molecule has 0 unspecified atom stereocenters. The third-order valence-electron chi connectivity index (χ3n) is 5.09. The maximum absolute atomic E-state index is 12.7. The van der Waals surface area contributed by atoms with Gasteiger partial charge in [0.05, 0.1) is 22.3 Å². The van der Waals surface area contributed by atoms with Gasteiger partial charge in [0.1, 0.15) is 6.61 Å². The molecule has 4 rings (SSSR count). The Morgan fingerprint density at radius 2 is 1.90 bits per heavy atom. The molecule has 2 heterocycles. The van der Waals surface area contributed by atoms with E-state index in [1.165, 1.54) is 11.8 Å². The normalized spacial score (nSPS) is 15.8. The van der Waals surface area contributed by atoms with Crippen molar-refractivity contribution >= 4 is 40.4 Å². The molecular weight excluding hydrogens is 414 g/mol. The second kappa shape index (κ2) is 9.40. The first-order valence-electron chi connectivity index (χ1n) is 10.2. The van der Waals surface area contributed by atoms with Crippen molar-refractivity contribution in [1.29, 1.82) is 0 Å². The highest BCUT2D eigenvalue weighted by Crippen LogP contribution is 2.36. The molecule has 0 radical (unpaired) electrons. The summed E-state index contributed by atoms with van der Waals surface area (Å²) in [5, 5.41) is 8.31. The summed E-state index contributed by atoms with van der Waals surface area (Å²) in [6.45, 7) is 7.07. The van der Waals surface area contributed by atoms with Gasteiger partial charge in [-0.2, -0.15) is 10.2 Å². The summed E-state index contributed by atoms with van der Waals surface area (Å²) in [7, 11) is 0. The molecule has 9 heteroatoms. The van der Waals surface area contributed by atoms with Crippen LogP contribution in [0.25, 0.3) is 11.0 Å². The van der Waals surface area contributed by atoms with E-state index in [2.05, 4.69) is 34.0 Å². The largest absolute Gasteiger partial charge is 0.461 e. The number of imidazole rings is 1. The highest BCUT2D eigenvalue weighted by Gasteiger charge is 2.34. The van der Waals surface area contributed by atoms with Gasteiger partial charge in [0, 0.05) is 6.54 Å². The molecule has 0 amide bonds. The SMILES string of the molecule is CCN(CC)CCOC(=O)c1ccc(N=N[C@H]2Sc3nc4ccccc4n3C2=O)cc1. The predicted octanol–water partition coefficient (Wildman–Crippen LogP) is 4.39.